The fourth-order valence-corrected chi connectivity index (χ4v) is 2.37. The van der Waals surface area contributed by atoms with Gasteiger partial charge in [0.1, 0.15) is 11.6 Å². The summed E-state index contributed by atoms with van der Waals surface area (Å²) in [6.45, 7) is -0.0648. The van der Waals surface area contributed by atoms with Crippen LogP contribution >= 0.6 is 0 Å². The molecule has 1 heterocycles. The van der Waals surface area contributed by atoms with Crippen molar-refractivity contribution in [3.8, 4) is 0 Å². The number of ether oxygens (including phenoxy) is 1. The summed E-state index contributed by atoms with van der Waals surface area (Å²) in [5.74, 6) is -1.33. The smallest absolute Gasteiger partial charge is 0.328 e. The molecule has 1 aromatic carbocycles. The predicted molar refractivity (Wildman–Crippen MR) is 70.6 cm³/mol. The lowest BCUT2D eigenvalue weighted by molar-refractivity contribution is -0.385. The van der Waals surface area contributed by atoms with E-state index in [1.54, 1.807) is 0 Å². The van der Waals surface area contributed by atoms with Gasteiger partial charge in [0, 0.05) is 19.0 Å². The van der Waals surface area contributed by atoms with E-state index >= 15 is 0 Å². The number of β-amino-alcohol motifs (C(OH)–C–C–N with tert-alkyl or cyclic N) is 1. The molecular formula is C13H14N2O6. The number of nitrogens with zero attached hydrogens (tertiary/aromatic N) is 2. The zero-order valence-corrected chi connectivity index (χ0v) is 11.3. The number of methoxy groups -OCH3 is 1. The number of nitro benzene ring substituents is 1. The van der Waals surface area contributed by atoms with Gasteiger partial charge >= 0.3 is 5.97 Å². The normalized spacial score (nSPS) is 21.1. The summed E-state index contributed by atoms with van der Waals surface area (Å²) in [6.07, 6.45) is -0.806. The minimum atomic E-state index is -0.933. The first kappa shape index (κ1) is 14.9. The van der Waals surface area contributed by atoms with E-state index in [0.717, 1.165) is 4.90 Å². The number of nitro groups is 1. The Labute approximate surface area is 120 Å². The van der Waals surface area contributed by atoms with E-state index in [1.807, 2.05) is 0 Å². The number of hydrogen-bond donors (Lipinski definition) is 1. The Bertz CT molecular complexity index is 588. The molecule has 1 aromatic rings. The third-order valence-corrected chi connectivity index (χ3v) is 3.34. The van der Waals surface area contributed by atoms with Crippen LogP contribution in [0.1, 0.15) is 16.8 Å². The van der Waals surface area contributed by atoms with Crippen molar-refractivity contribution in [2.45, 2.75) is 18.6 Å². The van der Waals surface area contributed by atoms with Crippen LogP contribution in [0, 0.1) is 10.1 Å². The Kier molecular flexibility index (Phi) is 4.18. The SMILES string of the molecule is COC(=O)[C@@H]1C[C@H](O)CN1C(=O)c1ccccc1[N+](=O)[O-]. The number of aliphatic hydroxyl groups is 1. The average molecular weight is 294 g/mol. The standard InChI is InChI=1S/C13H14N2O6/c1-21-13(18)11-6-8(16)7-14(11)12(17)9-4-2-3-5-10(9)15(19)20/h2-5,8,11,16H,6-7H2,1H3/t8-,11-/m0/s1. The molecule has 1 N–H and O–H groups in total. The number of amides is 1. The summed E-state index contributed by atoms with van der Waals surface area (Å²) in [5.41, 5.74) is -0.460. The van der Waals surface area contributed by atoms with Crippen LogP contribution in [0.15, 0.2) is 24.3 Å². The van der Waals surface area contributed by atoms with Crippen LogP contribution in [0.5, 0.6) is 0 Å². The van der Waals surface area contributed by atoms with Crippen LogP contribution in [0.2, 0.25) is 0 Å². The highest BCUT2D eigenvalue weighted by Crippen LogP contribution is 2.25. The Morgan fingerprint density at radius 1 is 1.43 bits per heavy atom. The van der Waals surface area contributed by atoms with Gasteiger partial charge in [0.15, 0.2) is 0 Å². The van der Waals surface area contributed by atoms with Crippen molar-refractivity contribution in [2.75, 3.05) is 13.7 Å². The van der Waals surface area contributed by atoms with Gasteiger partial charge in [-0.1, -0.05) is 12.1 Å². The number of carbonyl (C=O) groups is 2. The number of hydrogen-bond acceptors (Lipinski definition) is 6. The molecule has 1 amide bonds. The van der Waals surface area contributed by atoms with Gasteiger partial charge in [-0.25, -0.2) is 4.79 Å². The molecule has 1 fully saturated rings. The number of aliphatic hydroxyl groups excluding tert-OH is 1. The van der Waals surface area contributed by atoms with Crippen molar-refractivity contribution >= 4 is 17.6 Å². The third kappa shape index (κ3) is 2.84. The molecule has 2 rings (SSSR count). The van der Waals surface area contributed by atoms with Gasteiger partial charge in [0.2, 0.25) is 0 Å². The van der Waals surface area contributed by atoms with Gasteiger partial charge in [0.05, 0.1) is 18.1 Å². The van der Waals surface area contributed by atoms with E-state index in [1.165, 1.54) is 31.4 Å². The maximum atomic E-state index is 12.5. The number of rotatable bonds is 3. The molecule has 2 atom stereocenters. The van der Waals surface area contributed by atoms with Crippen molar-refractivity contribution in [3.05, 3.63) is 39.9 Å². The molecule has 112 valence electrons. The summed E-state index contributed by atoms with van der Waals surface area (Å²) in [5, 5.41) is 20.6. The van der Waals surface area contributed by atoms with Crippen LogP contribution in [-0.4, -0.2) is 52.6 Å². The van der Waals surface area contributed by atoms with E-state index < -0.39 is 28.9 Å². The second-order valence-electron chi connectivity index (χ2n) is 4.66. The van der Waals surface area contributed by atoms with Crippen molar-refractivity contribution in [2.24, 2.45) is 0 Å². The molecule has 0 aromatic heterocycles. The lowest BCUT2D eigenvalue weighted by Gasteiger charge is -2.22. The molecule has 0 spiro atoms. The zero-order valence-electron chi connectivity index (χ0n) is 11.3. The number of likely N-dealkylation sites (tertiary alicyclic amines) is 1. The molecule has 1 saturated heterocycles. The van der Waals surface area contributed by atoms with Crippen molar-refractivity contribution in [1.82, 2.24) is 4.90 Å². The molecule has 0 radical (unpaired) electrons. The van der Waals surface area contributed by atoms with E-state index in [2.05, 4.69) is 4.74 Å². The van der Waals surface area contributed by atoms with Gasteiger partial charge in [0.25, 0.3) is 11.6 Å². The number of esters is 1. The van der Waals surface area contributed by atoms with Gasteiger partial charge < -0.3 is 14.7 Å². The topological polar surface area (TPSA) is 110 Å². The molecule has 8 heteroatoms. The maximum Gasteiger partial charge on any atom is 0.328 e. The Balaban J connectivity index is 2.35. The van der Waals surface area contributed by atoms with E-state index in [-0.39, 0.29) is 24.2 Å². The van der Waals surface area contributed by atoms with Gasteiger partial charge in [-0.3, -0.25) is 14.9 Å². The molecule has 0 unspecified atom stereocenters. The second kappa shape index (κ2) is 5.88. The molecule has 1 aliphatic heterocycles. The van der Waals surface area contributed by atoms with Crippen LogP contribution in [0.3, 0.4) is 0 Å². The van der Waals surface area contributed by atoms with Crippen molar-refractivity contribution in [1.29, 1.82) is 0 Å². The van der Waals surface area contributed by atoms with Crippen molar-refractivity contribution in [3.63, 3.8) is 0 Å². The first-order valence-corrected chi connectivity index (χ1v) is 6.26. The lowest BCUT2D eigenvalue weighted by Crippen LogP contribution is -2.41. The number of carbonyl (C=O) groups excluding carboxylic acids is 2. The van der Waals surface area contributed by atoms with Gasteiger partial charge in [-0.05, 0) is 6.07 Å². The predicted octanol–water partition coefficient (Wildman–Crippen LogP) is 0.343. The maximum absolute atomic E-state index is 12.5. The molecule has 0 bridgehead atoms. The monoisotopic (exact) mass is 294 g/mol. The quantitative estimate of drug-likeness (QED) is 0.489. The fraction of sp³-hybridized carbons (Fsp3) is 0.385. The van der Waals surface area contributed by atoms with Crippen LogP contribution in [-0.2, 0) is 9.53 Å². The van der Waals surface area contributed by atoms with Gasteiger partial charge in [-0.15, -0.1) is 0 Å². The highest BCUT2D eigenvalue weighted by Gasteiger charge is 2.41. The fourth-order valence-electron chi connectivity index (χ4n) is 2.37. The summed E-state index contributed by atoms with van der Waals surface area (Å²) >= 11 is 0. The second-order valence-corrected chi connectivity index (χ2v) is 4.66. The van der Waals surface area contributed by atoms with Crippen LogP contribution in [0.4, 0.5) is 5.69 Å². The van der Waals surface area contributed by atoms with E-state index in [4.69, 9.17) is 0 Å². The minimum absolute atomic E-state index is 0.0546. The minimum Gasteiger partial charge on any atom is -0.467 e. The molecule has 0 aliphatic carbocycles. The molecule has 8 nitrogen and oxygen atoms in total. The highest BCUT2D eigenvalue weighted by atomic mass is 16.6. The first-order chi connectivity index (χ1) is 9.95. The largest absolute Gasteiger partial charge is 0.467 e. The number of benzene rings is 1. The lowest BCUT2D eigenvalue weighted by atomic mass is 10.1. The first-order valence-electron chi connectivity index (χ1n) is 6.26. The van der Waals surface area contributed by atoms with Crippen LogP contribution < -0.4 is 0 Å². The summed E-state index contributed by atoms with van der Waals surface area (Å²) in [6, 6.07) is 4.55. The zero-order chi connectivity index (χ0) is 15.6. The average Bonchev–Trinajstić information content (AvgIpc) is 2.87. The third-order valence-electron chi connectivity index (χ3n) is 3.34. The summed E-state index contributed by atoms with van der Waals surface area (Å²) in [7, 11) is 1.18. The van der Waals surface area contributed by atoms with Crippen LogP contribution in [0.25, 0.3) is 0 Å². The Morgan fingerprint density at radius 2 is 2.10 bits per heavy atom. The molecule has 1 aliphatic rings. The summed E-state index contributed by atoms with van der Waals surface area (Å²) < 4.78 is 4.60. The number of para-hydroxylation sites is 1. The van der Waals surface area contributed by atoms with Crippen molar-refractivity contribution < 1.29 is 24.4 Å². The molecule has 21 heavy (non-hydrogen) atoms. The summed E-state index contributed by atoms with van der Waals surface area (Å²) in [4.78, 5) is 35.5. The van der Waals surface area contributed by atoms with Gasteiger partial charge in [-0.2, -0.15) is 0 Å². The highest BCUT2D eigenvalue weighted by molar-refractivity contribution is 6.00. The molecule has 0 saturated carbocycles. The molecular weight excluding hydrogens is 280 g/mol. The Hall–Kier alpha value is -2.48. The van der Waals surface area contributed by atoms with E-state index in [9.17, 15) is 24.8 Å². The Morgan fingerprint density at radius 3 is 2.71 bits per heavy atom. The van der Waals surface area contributed by atoms with E-state index in [0.29, 0.717) is 0 Å².